The fourth-order valence-electron chi connectivity index (χ4n) is 6.68. The number of unbranched alkanes of at least 4 members (excludes halogenated alkanes) is 2. The number of nitrogens with zero attached hydrogens (tertiary/aromatic N) is 7. The molecule has 11 heteroatoms. The molecule has 6 aromatic rings. The predicted molar refractivity (Wildman–Crippen MR) is 221 cm³/mol. The van der Waals surface area contributed by atoms with Gasteiger partial charge in [0.2, 0.25) is 0 Å². The Hall–Kier alpha value is -4.46. The third kappa shape index (κ3) is 10.9. The molecule has 0 N–H and O–H groups in total. The maximum Gasteiger partial charge on any atom is 2.00 e. The van der Waals surface area contributed by atoms with E-state index in [0.717, 1.165) is 82.2 Å². The van der Waals surface area contributed by atoms with Crippen LogP contribution in [0.3, 0.4) is 0 Å². The maximum atomic E-state index is 5.25. The monoisotopic (exact) mass is 1170 g/mol. The average molecular weight is 1170 g/mol. The van der Waals surface area contributed by atoms with Crippen molar-refractivity contribution >= 4 is 46.4 Å². The molecule has 0 aliphatic carbocycles. The summed E-state index contributed by atoms with van der Waals surface area (Å²) < 4.78 is 6.01. The van der Waals surface area contributed by atoms with E-state index in [4.69, 9.17) is 19.9 Å². The van der Waals surface area contributed by atoms with E-state index in [1.807, 2.05) is 144 Å². The molecule has 6 aromatic heterocycles. The Morgan fingerprint density at radius 3 is 1.22 bits per heavy atom. The molecular formula is C49H40I3N7Zn. The molecule has 0 atom stereocenters. The largest absolute Gasteiger partial charge is 2.00 e. The van der Waals surface area contributed by atoms with Crippen molar-refractivity contribution in [2.75, 3.05) is 0 Å². The first-order valence-electron chi connectivity index (χ1n) is 18.9. The summed E-state index contributed by atoms with van der Waals surface area (Å²) in [5, 5.41) is 0. The second-order valence-corrected chi connectivity index (χ2v) is 13.8. The molecule has 2 aliphatic heterocycles. The zero-order valence-corrected chi connectivity index (χ0v) is 43.3. The van der Waals surface area contributed by atoms with E-state index in [9.17, 15) is 0 Å². The predicted octanol–water partition coefficient (Wildman–Crippen LogP) is -2.67. The van der Waals surface area contributed by atoms with E-state index in [1.165, 1.54) is 0 Å². The molecule has 294 valence electrons. The van der Waals surface area contributed by atoms with Gasteiger partial charge >= 0.3 is 19.5 Å². The van der Waals surface area contributed by atoms with Gasteiger partial charge in [0.25, 0.3) is 17.1 Å². The number of hydrogen-bond acceptors (Lipinski definition) is 2. The van der Waals surface area contributed by atoms with Crippen molar-refractivity contribution in [1.29, 1.82) is 0 Å². The van der Waals surface area contributed by atoms with Crippen molar-refractivity contribution in [3.05, 3.63) is 160 Å². The quantitative estimate of drug-likeness (QED) is 0.0636. The zero-order chi connectivity index (χ0) is 38.4. The normalized spacial score (nSPS) is 10.5. The molecule has 60 heavy (non-hydrogen) atoms. The molecule has 8 heterocycles. The summed E-state index contributed by atoms with van der Waals surface area (Å²) in [6.45, 7) is 2.22. The fourth-order valence-corrected chi connectivity index (χ4v) is 6.68. The minimum Gasteiger partial charge on any atom is -1.00 e. The van der Waals surface area contributed by atoms with Crippen LogP contribution in [0.25, 0.3) is 46.4 Å². The molecule has 0 aromatic carbocycles. The number of hydrogen-bond donors (Lipinski definition) is 0. The molecule has 0 unspecified atom stereocenters. The van der Waals surface area contributed by atoms with Crippen molar-refractivity contribution in [2.45, 2.75) is 32.6 Å². The van der Waals surface area contributed by atoms with Crippen LogP contribution in [0.1, 0.15) is 88.3 Å². The summed E-state index contributed by atoms with van der Waals surface area (Å²) in [5.74, 6) is 20.6. The van der Waals surface area contributed by atoms with Crippen LogP contribution in [-0.4, -0.2) is 9.97 Å². The van der Waals surface area contributed by atoms with Gasteiger partial charge in [-0.2, -0.15) is 13.7 Å². The third-order valence-corrected chi connectivity index (χ3v) is 9.86. The van der Waals surface area contributed by atoms with Gasteiger partial charge < -0.3 is 81.9 Å². The molecule has 2 aliphatic rings. The van der Waals surface area contributed by atoms with Gasteiger partial charge in [-0.25, -0.2) is 9.97 Å². The van der Waals surface area contributed by atoms with Gasteiger partial charge in [0.15, 0.2) is 18.6 Å². The van der Waals surface area contributed by atoms with Crippen molar-refractivity contribution in [1.82, 2.24) is 19.9 Å². The van der Waals surface area contributed by atoms with E-state index in [0.29, 0.717) is 27.6 Å². The fraction of sp³-hybridized carbons (Fsp3) is 0.163. The first kappa shape index (κ1) is 48.2. The van der Waals surface area contributed by atoms with Crippen LogP contribution in [0.15, 0.2) is 97.5 Å². The standard InChI is InChI=1S/C49H40N7.3HI.Zn/c1-5-6-7-17-38-42-24-26-44(50-42)39(21-18-35-14-8-11-32-54(35)2)46-28-30-48(52-46)41(23-20-37-16-10-13-34-56(37)4)49-31-29-47(53-49)40(45-27-25-43(38)51-45)22-19-36-15-9-12-33-55(36)3;;;;/h8-16,24-34H,5-7,17H2,1-4H3;3*1H;/q+1;;;;+2/p-3. The van der Waals surface area contributed by atoms with Gasteiger partial charge in [0, 0.05) is 70.8 Å². The Balaban J connectivity index is 0.00000198. The molecule has 0 radical (unpaired) electrons. The Bertz CT molecular complexity index is 2800. The maximum absolute atomic E-state index is 5.25. The van der Waals surface area contributed by atoms with Gasteiger partial charge in [0.1, 0.15) is 21.1 Å². The van der Waals surface area contributed by atoms with E-state index in [2.05, 4.69) is 54.6 Å². The Kier molecular flexibility index (Phi) is 18.0. The molecule has 8 rings (SSSR count). The number of aromatic nitrogens is 7. The van der Waals surface area contributed by atoms with E-state index in [-0.39, 0.29) is 91.4 Å². The molecular weight excluding hydrogens is 1130 g/mol. The van der Waals surface area contributed by atoms with Crippen LogP contribution in [0.4, 0.5) is 0 Å². The molecule has 0 amide bonds. The van der Waals surface area contributed by atoms with Crippen LogP contribution in [-0.2, 0) is 47.0 Å². The minimum absolute atomic E-state index is 0. The van der Waals surface area contributed by atoms with Crippen LogP contribution in [0, 0.1) is 35.5 Å². The Labute approximate surface area is 416 Å². The second kappa shape index (κ2) is 22.4. The van der Waals surface area contributed by atoms with Gasteiger partial charge in [0.05, 0.1) is 22.8 Å². The van der Waals surface area contributed by atoms with E-state index in [1.54, 1.807) is 0 Å². The summed E-state index contributed by atoms with van der Waals surface area (Å²) in [6, 6.07) is 26.0. The summed E-state index contributed by atoms with van der Waals surface area (Å²) >= 11 is 0. The Morgan fingerprint density at radius 2 is 0.833 bits per heavy atom. The van der Waals surface area contributed by atoms with Crippen LogP contribution in [0.5, 0.6) is 0 Å². The first-order valence-corrected chi connectivity index (χ1v) is 18.9. The number of aryl methyl sites for hydroxylation is 3. The van der Waals surface area contributed by atoms with Crippen molar-refractivity contribution < 1.29 is 105 Å². The molecule has 0 spiro atoms. The van der Waals surface area contributed by atoms with Crippen molar-refractivity contribution in [3.8, 4) is 35.5 Å². The van der Waals surface area contributed by atoms with Crippen LogP contribution < -0.4 is 95.6 Å². The van der Waals surface area contributed by atoms with Gasteiger partial charge in [-0.1, -0.05) is 61.8 Å². The van der Waals surface area contributed by atoms with Gasteiger partial charge in [-0.15, -0.1) is 22.1 Å². The second-order valence-electron chi connectivity index (χ2n) is 13.8. The average Bonchev–Trinajstić information content (AvgIpc) is 4.05. The van der Waals surface area contributed by atoms with Gasteiger partial charge in [-0.05, 0) is 60.9 Å². The molecule has 8 bridgehead atoms. The van der Waals surface area contributed by atoms with Crippen LogP contribution in [0.2, 0.25) is 0 Å². The molecule has 0 fully saturated rings. The molecule has 0 saturated carbocycles. The summed E-state index contributed by atoms with van der Waals surface area (Å²) in [5.41, 5.74) is 12.0. The van der Waals surface area contributed by atoms with Gasteiger partial charge in [-0.3, -0.25) is 0 Å². The topological polar surface area (TPSA) is 65.6 Å². The summed E-state index contributed by atoms with van der Waals surface area (Å²) in [7, 11) is 5.97. The van der Waals surface area contributed by atoms with E-state index < -0.39 is 0 Å². The third-order valence-electron chi connectivity index (χ3n) is 9.86. The van der Waals surface area contributed by atoms with Crippen LogP contribution >= 0.6 is 0 Å². The summed E-state index contributed by atoms with van der Waals surface area (Å²) in [6.07, 6.45) is 18.3. The SMILES string of the molecule is CCCCCc1c2nc(c(C#Cc3cccc[n+]3C)c3ccc([n-]3)c(C#Cc3cccc[n+]3C)c3ccc([n-]3)c(C#Cc3cccc[n+]3C)c3nc1C=C3)C=C2.[I-].[I-].[I-].[Zn+2]. The van der Waals surface area contributed by atoms with E-state index >= 15 is 0 Å². The number of rotatable bonds is 4. The molecule has 0 saturated heterocycles. The zero-order valence-electron chi connectivity index (χ0n) is 33.8. The van der Waals surface area contributed by atoms with Crippen molar-refractivity contribution in [2.24, 2.45) is 21.1 Å². The smallest absolute Gasteiger partial charge is 1.00 e. The number of halogens is 3. The first-order chi connectivity index (χ1) is 27.4. The number of fused-ring (bicyclic) bond motifs is 8. The number of pyridine rings is 3. The summed E-state index contributed by atoms with van der Waals surface area (Å²) in [4.78, 5) is 20.9. The van der Waals surface area contributed by atoms with Crippen molar-refractivity contribution in [3.63, 3.8) is 0 Å². The minimum atomic E-state index is 0. The molecule has 7 nitrogen and oxygen atoms in total. The Morgan fingerprint density at radius 1 is 0.467 bits per heavy atom.